The number of rotatable bonds is 7. The number of carbonyl (C=O) groups is 1. The van der Waals surface area contributed by atoms with Crippen molar-refractivity contribution in [2.75, 3.05) is 19.0 Å². The number of methoxy groups -OCH3 is 1. The van der Waals surface area contributed by atoms with Gasteiger partial charge in [-0.05, 0) is 47.5 Å². The van der Waals surface area contributed by atoms with E-state index >= 15 is 0 Å². The number of halogens is 2. The van der Waals surface area contributed by atoms with E-state index in [1.807, 2.05) is 30.3 Å². The molecular weight excluding hydrogens is 435 g/mol. The third-order valence-electron chi connectivity index (χ3n) is 4.27. The predicted octanol–water partition coefficient (Wildman–Crippen LogP) is 6.08. The van der Waals surface area contributed by atoms with Crippen LogP contribution in [-0.4, -0.2) is 19.6 Å². The van der Waals surface area contributed by atoms with Crippen molar-refractivity contribution in [3.63, 3.8) is 0 Å². The Hall–Kier alpha value is -3.46. The summed E-state index contributed by atoms with van der Waals surface area (Å²) in [4.78, 5) is 12.2. The van der Waals surface area contributed by atoms with Crippen molar-refractivity contribution in [2.45, 2.75) is 0 Å². The van der Waals surface area contributed by atoms with Crippen molar-refractivity contribution in [2.24, 2.45) is 0 Å². The smallest absolute Gasteiger partial charge is 0.262 e. The summed E-state index contributed by atoms with van der Waals surface area (Å²) in [6.07, 6.45) is 1.76. The third kappa shape index (κ3) is 6.02. The standard InChI is InChI=1S/C24H18Cl2N2O3/c1-30-23-12-16(11-18(14-27)17-5-3-2-4-6-17)7-10-22(23)31-15-24(29)28-19-8-9-20(25)21(26)13-19/h2-13H,15H2,1H3,(H,28,29)/b18-11+. The molecule has 3 aromatic rings. The number of carbonyl (C=O) groups excluding carboxylic acids is 1. The number of nitriles is 1. The van der Waals surface area contributed by atoms with Gasteiger partial charge in [-0.2, -0.15) is 5.26 Å². The first-order valence-corrected chi connectivity index (χ1v) is 9.98. The minimum absolute atomic E-state index is 0.223. The third-order valence-corrected chi connectivity index (χ3v) is 5.01. The van der Waals surface area contributed by atoms with Crippen LogP contribution in [0.3, 0.4) is 0 Å². The van der Waals surface area contributed by atoms with Gasteiger partial charge in [0.2, 0.25) is 0 Å². The molecule has 0 atom stereocenters. The van der Waals surface area contributed by atoms with E-state index in [0.717, 1.165) is 11.1 Å². The minimum Gasteiger partial charge on any atom is -0.493 e. The number of ether oxygens (including phenoxy) is 2. The number of nitrogens with one attached hydrogen (secondary N) is 1. The van der Waals surface area contributed by atoms with E-state index in [-0.39, 0.29) is 12.5 Å². The Morgan fingerprint density at radius 3 is 2.48 bits per heavy atom. The van der Waals surface area contributed by atoms with Gasteiger partial charge < -0.3 is 14.8 Å². The van der Waals surface area contributed by atoms with Gasteiger partial charge in [0.05, 0.1) is 28.8 Å². The monoisotopic (exact) mass is 452 g/mol. The first-order chi connectivity index (χ1) is 15.0. The molecule has 5 nitrogen and oxygen atoms in total. The van der Waals surface area contributed by atoms with Gasteiger partial charge in [0, 0.05) is 5.69 Å². The minimum atomic E-state index is -0.361. The molecule has 0 fully saturated rings. The summed E-state index contributed by atoms with van der Waals surface area (Å²) in [5.74, 6) is 0.490. The molecule has 0 aromatic heterocycles. The molecule has 156 valence electrons. The maximum absolute atomic E-state index is 12.2. The van der Waals surface area contributed by atoms with Crippen LogP contribution in [0.5, 0.6) is 11.5 Å². The molecule has 0 aliphatic rings. The Kier molecular flexibility index (Phi) is 7.55. The van der Waals surface area contributed by atoms with Crippen LogP contribution in [0, 0.1) is 11.3 Å². The molecule has 0 saturated carbocycles. The fraction of sp³-hybridized carbons (Fsp3) is 0.0833. The van der Waals surface area contributed by atoms with Gasteiger partial charge in [0.15, 0.2) is 18.1 Å². The number of benzene rings is 3. The van der Waals surface area contributed by atoms with Gasteiger partial charge in [0.1, 0.15) is 0 Å². The van der Waals surface area contributed by atoms with Crippen molar-refractivity contribution in [1.29, 1.82) is 5.26 Å². The second-order valence-electron chi connectivity index (χ2n) is 6.41. The highest BCUT2D eigenvalue weighted by Gasteiger charge is 2.10. The fourth-order valence-corrected chi connectivity index (χ4v) is 3.07. The Labute approximate surface area is 190 Å². The van der Waals surface area contributed by atoms with E-state index in [2.05, 4.69) is 11.4 Å². The predicted molar refractivity (Wildman–Crippen MR) is 124 cm³/mol. The Morgan fingerprint density at radius 1 is 1.03 bits per heavy atom. The van der Waals surface area contributed by atoms with Gasteiger partial charge in [-0.1, -0.05) is 59.6 Å². The summed E-state index contributed by atoms with van der Waals surface area (Å²) < 4.78 is 11.0. The Bertz CT molecular complexity index is 1160. The summed E-state index contributed by atoms with van der Waals surface area (Å²) in [5, 5.41) is 12.9. The summed E-state index contributed by atoms with van der Waals surface area (Å²) in [7, 11) is 1.51. The highest BCUT2D eigenvalue weighted by molar-refractivity contribution is 6.42. The van der Waals surface area contributed by atoms with Crippen LogP contribution >= 0.6 is 23.2 Å². The number of amides is 1. The molecule has 0 aliphatic carbocycles. The number of nitrogens with zero attached hydrogens (tertiary/aromatic N) is 1. The molecule has 3 rings (SSSR count). The molecule has 0 unspecified atom stereocenters. The summed E-state index contributed by atoms with van der Waals surface area (Å²) in [5.41, 5.74) is 2.63. The van der Waals surface area contributed by atoms with E-state index in [9.17, 15) is 10.1 Å². The lowest BCUT2D eigenvalue weighted by Crippen LogP contribution is -2.20. The number of anilines is 1. The van der Waals surface area contributed by atoms with E-state index in [0.29, 0.717) is 32.8 Å². The highest BCUT2D eigenvalue weighted by Crippen LogP contribution is 2.30. The zero-order chi connectivity index (χ0) is 22.2. The normalized spacial score (nSPS) is 10.8. The van der Waals surface area contributed by atoms with Crippen molar-refractivity contribution >= 4 is 46.4 Å². The van der Waals surface area contributed by atoms with Crippen molar-refractivity contribution in [3.05, 3.63) is 87.9 Å². The molecule has 0 aliphatic heterocycles. The SMILES string of the molecule is COc1cc(/C=C(\C#N)c2ccccc2)ccc1OCC(=O)Nc1ccc(Cl)c(Cl)c1. The lowest BCUT2D eigenvalue weighted by Gasteiger charge is -2.12. The van der Waals surface area contributed by atoms with Gasteiger partial charge in [-0.25, -0.2) is 0 Å². The van der Waals surface area contributed by atoms with Gasteiger partial charge in [-0.3, -0.25) is 4.79 Å². The number of allylic oxidation sites excluding steroid dienone is 1. The molecule has 0 saturated heterocycles. The van der Waals surface area contributed by atoms with Crippen LogP contribution in [0.15, 0.2) is 66.7 Å². The van der Waals surface area contributed by atoms with E-state index in [1.165, 1.54) is 7.11 Å². The molecule has 1 amide bonds. The van der Waals surface area contributed by atoms with Crippen LogP contribution < -0.4 is 14.8 Å². The van der Waals surface area contributed by atoms with E-state index in [4.69, 9.17) is 32.7 Å². The van der Waals surface area contributed by atoms with Crippen molar-refractivity contribution < 1.29 is 14.3 Å². The molecule has 7 heteroatoms. The van der Waals surface area contributed by atoms with Crippen molar-refractivity contribution in [3.8, 4) is 17.6 Å². The van der Waals surface area contributed by atoms with Crippen LogP contribution in [0.2, 0.25) is 10.0 Å². The second-order valence-corrected chi connectivity index (χ2v) is 7.23. The maximum Gasteiger partial charge on any atom is 0.262 e. The second kappa shape index (κ2) is 10.5. The van der Waals surface area contributed by atoms with Crippen molar-refractivity contribution in [1.82, 2.24) is 0 Å². The van der Waals surface area contributed by atoms with Crippen LogP contribution in [0.4, 0.5) is 5.69 Å². The van der Waals surface area contributed by atoms with Crippen LogP contribution in [0.25, 0.3) is 11.6 Å². The molecule has 31 heavy (non-hydrogen) atoms. The number of hydrogen-bond acceptors (Lipinski definition) is 4. The average Bonchev–Trinajstić information content (AvgIpc) is 2.79. The van der Waals surface area contributed by atoms with Gasteiger partial charge in [-0.15, -0.1) is 0 Å². The molecule has 0 spiro atoms. The largest absolute Gasteiger partial charge is 0.493 e. The molecule has 3 aromatic carbocycles. The average molecular weight is 453 g/mol. The fourth-order valence-electron chi connectivity index (χ4n) is 2.77. The number of hydrogen-bond donors (Lipinski definition) is 1. The van der Waals surface area contributed by atoms with Crippen LogP contribution in [-0.2, 0) is 4.79 Å². The first kappa shape index (κ1) is 22.2. The van der Waals surface area contributed by atoms with Crippen LogP contribution in [0.1, 0.15) is 11.1 Å². The highest BCUT2D eigenvalue weighted by atomic mass is 35.5. The lowest BCUT2D eigenvalue weighted by atomic mass is 10.0. The zero-order valence-electron chi connectivity index (χ0n) is 16.6. The van der Waals surface area contributed by atoms with E-state index in [1.54, 1.807) is 42.5 Å². The topological polar surface area (TPSA) is 71.3 Å². The summed E-state index contributed by atoms with van der Waals surface area (Å²) in [6, 6.07) is 21.6. The van der Waals surface area contributed by atoms with Gasteiger partial charge >= 0.3 is 0 Å². The van der Waals surface area contributed by atoms with E-state index < -0.39 is 0 Å². The first-order valence-electron chi connectivity index (χ1n) is 9.23. The molecule has 1 N–H and O–H groups in total. The summed E-state index contributed by atoms with van der Waals surface area (Å²) in [6.45, 7) is -0.223. The lowest BCUT2D eigenvalue weighted by molar-refractivity contribution is -0.118. The maximum atomic E-state index is 12.2. The van der Waals surface area contributed by atoms with Gasteiger partial charge in [0.25, 0.3) is 5.91 Å². The zero-order valence-corrected chi connectivity index (χ0v) is 18.1. The molecular formula is C24H18Cl2N2O3. The Balaban J connectivity index is 1.70. The Morgan fingerprint density at radius 2 is 1.81 bits per heavy atom. The summed E-state index contributed by atoms with van der Waals surface area (Å²) >= 11 is 11.8. The quantitative estimate of drug-likeness (QED) is 0.348. The molecule has 0 radical (unpaired) electrons. The molecule has 0 bridgehead atoms. The molecule has 0 heterocycles.